The molecular weight excluding hydrogens is 248 g/mol. The topological polar surface area (TPSA) is 53.9 Å². The maximum atomic E-state index is 9.22. The van der Waals surface area contributed by atoms with Crippen molar-refractivity contribution in [2.75, 3.05) is 0 Å². The standard InChI is InChI=1S/C16H10N4/c1-9-4-11(8-17)15-13(6-9)20-16-12(18-3)5-10(2)7-14(16)19-15/h4-7H,1-2H3. The Kier molecular flexibility index (Phi) is 2.59. The minimum absolute atomic E-state index is 0.495. The van der Waals surface area contributed by atoms with E-state index in [1.54, 1.807) is 12.1 Å². The fraction of sp³-hybridized carbons (Fsp3) is 0.125. The van der Waals surface area contributed by atoms with E-state index in [4.69, 9.17) is 6.57 Å². The number of aryl methyl sites for hydroxylation is 2. The van der Waals surface area contributed by atoms with Crippen molar-refractivity contribution < 1.29 is 0 Å². The van der Waals surface area contributed by atoms with Gasteiger partial charge in [0.2, 0.25) is 5.69 Å². The minimum Gasteiger partial charge on any atom is -0.256 e. The van der Waals surface area contributed by atoms with Crippen LogP contribution in [0.2, 0.25) is 0 Å². The second-order valence-corrected chi connectivity index (χ2v) is 4.78. The Labute approximate surface area is 116 Å². The van der Waals surface area contributed by atoms with Gasteiger partial charge in [-0.15, -0.1) is 0 Å². The van der Waals surface area contributed by atoms with E-state index in [0.29, 0.717) is 33.3 Å². The van der Waals surface area contributed by atoms with Gasteiger partial charge in [0.05, 0.1) is 28.7 Å². The van der Waals surface area contributed by atoms with Gasteiger partial charge < -0.3 is 0 Å². The number of fused-ring (bicyclic) bond motifs is 2. The number of hydrogen-bond acceptors (Lipinski definition) is 3. The van der Waals surface area contributed by atoms with E-state index < -0.39 is 0 Å². The highest BCUT2D eigenvalue weighted by Gasteiger charge is 2.10. The first-order valence-electron chi connectivity index (χ1n) is 6.12. The highest BCUT2D eigenvalue weighted by Crippen LogP contribution is 2.28. The van der Waals surface area contributed by atoms with Gasteiger partial charge in [-0.25, -0.2) is 9.83 Å². The number of nitrogens with zero attached hydrogens (tertiary/aromatic N) is 4. The zero-order chi connectivity index (χ0) is 14.3. The maximum Gasteiger partial charge on any atom is 0.214 e. The summed E-state index contributed by atoms with van der Waals surface area (Å²) in [6, 6.07) is 9.53. The average Bonchev–Trinajstić information content (AvgIpc) is 2.43. The molecule has 0 atom stereocenters. The van der Waals surface area contributed by atoms with Crippen LogP contribution < -0.4 is 0 Å². The van der Waals surface area contributed by atoms with Crippen molar-refractivity contribution in [2.24, 2.45) is 0 Å². The predicted octanol–water partition coefficient (Wildman–Crippen LogP) is 3.82. The molecule has 0 fully saturated rings. The molecule has 2 aromatic carbocycles. The third kappa shape index (κ3) is 1.75. The van der Waals surface area contributed by atoms with Crippen LogP contribution in [0.15, 0.2) is 24.3 Å². The Bertz CT molecular complexity index is 863. The third-order valence-electron chi connectivity index (χ3n) is 3.15. The van der Waals surface area contributed by atoms with Crippen LogP contribution in [-0.4, -0.2) is 9.97 Å². The number of rotatable bonds is 0. The highest BCUT2D eigenvalue weighted by molar-refractivity contribution is 5.96. The van der Waals surface area contributed by atoms with Gasteiger partial charge in [0, 0.05) is 0 Å². The molecule has 0 bridgehead atoms. The first-order chi connectivity index (χ1) is 9.62. The van der Waals surface area contributed by atoms with Crippen LogP contribution in [-0.2, 0) is 0 Å². The molecule has 1 heterocycles. The molecule has 3 aromatic rings. The van der Waals surface area contributed by atoms with Crippen LogP contribution in [0.5, 0.6) is 0 Å². The number of benzene rings is 2. The molecule has 0 aliphatic rings. The average molecular weight is 258 g/mol. The van der Waals surface area contributed by atoms with Crippen molar-refractivity contribution in [1.82, 2.24) is 9.97 Å². The number of aromatic nitrogens is 2. The summed E-state index contributed by atoms with van der Waals surface area (Å²) < 4.78 is 0. The van der Waals surface area contributed by atoms with Crippen molar-refractivity contribution in [2.45, 2.75) is 13.8 Å². The monoisotopic (exact) mass is 258 g/mol. The molecule has 1 aromatic heterocycles. The van der Waals surface area contributed by atoms with E-state index in [1.165, 1.54) is 0 Å². The van der Waals surface area contributed by atoms with E-state index in [0.717, 1.165) is 11.1 Å². The van der Waals surface area contributed by atoms with Crippen LogP contribution in [0.3, 0.4) is 0 Å². The van der Waals surface area contributed by atoms with E-state index in [-0.39, 0.29) is 0 Å². The summed E-state index contributed by atoms with van der Waals surface area (Å²) in [5.74, 6) is 0. The second kappa shape index (κ2) is 4.29. The Hall–Kier alpha value is -2.98. The molecule has 20 heavy (non-hydrogen) atoms. The molecule has 0 saturated heterocycles. The molecule has 4 heteroatoms. The zero-order valence-corrected chi connectivity index (χ0v) is 11.1. The third-order valence-corrected chi connectivity index (χ3v) is 3.15. The molecule has 0 amide bonds. The first kappa shape index (κ1) is 12.1. The SMILES string of the molecule is [C-]#[N+]c1cc(C)cc2nc3c(C#N)cc(C)cc3nc12. The van der Waals surface area contributed by atoms with Gasteiger partial charge >= 0.3 is 0 Å². The van der Waals surface area contributed by atoms with Crippen molar-refractivity contribution in [3.63, 3.8) is 0 Å². The fourth-order valence-electron chi connectivity index (χ4n) is 2.31. The fourth-order valence-corrected chi connectivity index (χ4v) is 2.31. The summed E-state index contributed by atoms with van der Waals surface area (Å²) in [6.07, 6.45) is 0. The molecule has 0 aliphatic carbocycles. The quantitative estimate of drug-likeness (QED) is 0.455. The van der Waals surface area contributed by atoms with Crippen molar-refractivity contribution in [1.29, 1.82) is 5.26 Å². The van der Waals surface area contributed by atoms with Gasteiger partial charge in [-0.1, -0.05) is 11.6 Å². The van der Waals surface area contributed by atoms with Gasteiger partial charge in [-0.2, -0.15) is 5.26 Å². The summed E-state index contributed by atoms with van der Waals surface area (Å²) in [5, 5.41) is 9.22. The van der Waals surface area contributed by atoms with Gasteiger partial charge in [0.1, 0.15) is 11.6 Å². The molecule has 0 spiro atoms. The van der Waals surface area contributed by atoms with Crippen LogP contribution in [0.25, 0.3) is 26.9 Å². The molecular formula is C16H10N4. The minimum atomic E-state index is 0.495. The summed E-state index contributed by atoms with van der Waals surface area (Å²) in [6.45, 7) is 11.1. The predicted molar refractivity (Wildman–Crippen MR) is 77.5 cm³/mol. The van der Waals surface area contributed by atoms with Gasteiger partial charge in [-0.05, 0) is 37.6 Å². The lowest BCUT2D eigenvalue weighted by Crippen LogP contribution is -1.92. The molecule has 0 saturated carbocycles. The summed E-state index contributed by atoms with van der Waals surface area (Å²) in [5.41, 5.74) is 5.42. The van der Waals surface area contributed by atoms with E-state index in [9.17, 15) is 5.26 Å². The molecule has 94 valence electrons. The smallest absolute Gasteiger partial charge is 0.214 e. The Morgan fingerprint density at radius 1 is 1.00 bits per heavy atom. The molecule has 0 aliphatic heterocycles. The number of hydrogen-bond donors (Lipinski definition) is 0. The lowest BCUT2D eigenvalue weighted by Gasteiger charge is -2.06. The Morgan fingerprint density at radius 2 is 1.60 bits per heavy atom. The summed E-state index contributed by atoms with van der Waals surface area (Å²) >= 11 is 0. The molecule has 0 N–H and O–H groups in total. The Morgan fingerprint density at radius 3 is 2.25 bits per heavy atom. The molecule has 0 unspecified atom stereocenters. The molecule has 4 nitrogen and oxygen atoms in total. The maximum absolute atomic E-state index is 9.22. The van der Waals surface area contributed by atoms with E-state index in [1.807, 2.05) is 26.0 Å². The van der Waals surface area contributed by atoms with Crippen molar-refractivity contribution >= 4 is 27.8 Å². The van der Waals surface area contributed by atoms with Gasteiger partial charge in [0.25, 0.3) is 0 Å². The van der Waals surface area contributed by atoms with Gasteiger partial charge in [0.15, 0.2) is 0 Å². The van der Waals surface area contributed by atoms with E-state index >= 15 is 0 Å². The largest absolute Gasteiger partial charge is 0.256 e. The van der Waals surface area contributed by atoms with Crippen molar-refractivity contribution in [3.05, 3.63) is 52.4 Å². The van der Waals surface area contributed by atoms with Crippen LogP contribution in [0.4, 0.5) is 5.69 Å². The van der Waals surface area contributed by atoms with Gasteiger partial charge in [-0.3, -0.25) is 4.98 Å². The van der Waals surface area contributed by atoms with E-state index in [2.05, 4.69) is 20.9 Å². The summed E-state index contributed by atoms with van der Waals surface area (Å²) in [7, 11) is 0. The lowest BCUT2D eigenvalue weighted by molar-refractivity contribution is 1.34. The highest BCUT2D eigenvalue weighted by atomic mass is 14.8. The van der Waals surface area contributed by atoms with Crippen LogP contribution in [0.1, 0.15) is 16.7 Å². The zero-order valence-electron chi connectivity index (χ0n) is 11.1. The molecule has 3 rings (SSSR count). The van der Waals surface area contributed by atoms with Crippen LogP contribution in [0, 0.1) is 31.8 Å². The Balaban J connectivity index is 2.54. The first-order valence-corrected chi connectivity index (χ1v) is 6.12. The summed E-state index contributed by atoms with van der Waals surface area (Å²) in [4.78, 5) is 12.6. The molecule has 0 radical (unpaired) electrons. The number of nitriles is 1. The van der Waals surface area contributed by atoms with Crippen LogP contribution >= 0.6 is 0 Å². The second-order valence-electron chi connectivity index (χ2n) is 4.78. The van der Waals surface area contributed by atoms with Crippen molar-refractivity contribution in [3.8, 4) is 6.07 Å². The lowest BCUT2D eigenvalue weighted by atomic mass is 10.1. The normalized spacial score (nSPS) is 10.4.